The summed E-state index contributed by atoms with van der Waals surface area (Å²) < 4.78 is 10.8. The van der Waals surface area contributed by atoms with Crippen LogP contribution < -0.4 is 14.9 Å². The first-order valence-electron chi connectivity index (χ1n) is 6.25. The number of hydrazone groups is 1. The summed E-state index contributed by atoms with van der Waals surface area (Å²) in [5.41, 5.74) is 4.81. The van der Waals surface area contributed by atoms with Crippen molar-refractivity contribution in [3.05, 3.63) is 34.8 Å². The average molecular weight is 291 g/mol. The summed E-state index contributed by atoms with van der Waals surface area (Å²) in [5.74, 6) is 1.43. The monoisotopic (exact) mass is 291 g/mol. The van der Waals surface area contributed by atoms with Gasteiger partial charge >= 0.3 is 0 Å². The molecular formula is C14H17N3O2S. The zero-order valence-corrected chi connectivity index (χ0v) is 12.5. The lowest BCUT2D eigenvalue weighted by molar-refractivity contribution is 0.311. The van der Waals surface area contributed by atoms with Crippen molar-refractivity contribution in [2.75, 3.05) is 19.1 Å². The van der Waals surface area contributed by atoms with Gasteiger partial charge in [-0.1, -0.05) is 0 Å². The van der Waals surface area contributed by atoms with Crippen molar-refractivity contribution in [1.82, 2.24) is 4.98 Å². The Bertz CT molecular complexity index is 596. The van der Waals surface area contributed by atoms with E-state index in [1.165, 1.54) is 11.3 Å². The number of ether oxygens (including phenoxy) is 2. The molecule has 1 heterocycles. The summed E-state index contributed by atoms with van der Waals surface area (Å²) >= 11 is 1.52. The molecule has 2 rings (SSSR count). The fourth-order valence-corrected chi connectivity index (χ4v) is 2.25. The van der Waals surface area contributed by atoms with Crippen LogP contribution in [0.1, 0.15) is 18.2 Å². The topological polar surface area (TPSA) is 55.7 Å². The van der Waals surface area contributed by atoms with Gasteiger partial charge in [0, 0.05) is 5.38 Å². The van der Waals surface area contributed by atoms with E-state index in [0.717, 1.165) is 16.4 Å². The quantitative estimate of drug-likeness (QED) is 0.655. The molecule has 0 saturated heterocycles. The summed E-state index contributed by atoms with van der Waals surface area (Å²) in [6.07, 6.45) is 1.72. The molecule has 0 atom stereocenters. The van der Waals surface area contributed by atoms with Crippen LogP contribution in [-0.4, -0.2) is 24.9 Å². The van der Waals surface area contributed by atoms with Crippen LogP contribution in [0, 0.1) is 6.92 Å². The third kappa shape index (κ3) is 3.71. The van der Waals surface area contributed by atoms with Gasteiger partial charge in [-0.05, 0) is 37.6 Å². The van der Waals surface area contributed by atoms with Crippen molar-refractivity contribution >= 4 is 22.7 Å². The van der Waals surface area contributed by atoms with E-state index < -0.39 is 0 Å². The van der Waals surface area contributed by atoms with E-state index in [1.807, 2.05) is 37.4 Å². The minimum absolute atomic E-state index is 0.591. The van der Waals surface area contributed by atoms with Crippen molar-refractivity contribution in [3.63, 3.8) is 0 Å². The number of nitrogens with zero attached hydrogens (tertiary/aromatic N) is 2. The Morgan fingerprint density at radius 3 is 2.90 bits per heavy atom. The number of aryl methyl sites for hydroxylation is 1. The van der Waals surface area contributed by atoms with Crippen molar-refractivity contribution in [1.29, 1.82) is 0 Å². The van der Waals surface area contributed by atoms with Crippen LogP contribution in [0.4, 0.5) is 5.13 Å². The smallest absolute Gasteiger partial charge is 0.203 e. The first kappa shape index (κ1) is 14.3. The Labute approximate surface area is 122 Å². The van der Waals surface area contributed by atoms with Crippen LogP contribution in [0.3, 0.4) is 0 Å². The second-order valence-electron chi connectivity index (χ2n) is 4.01. The molecule has 0 spiro atoms. The molecule has 2 aromatic rings. The van der Waals surface area contributed by atoms with E-state index in [0.29, 0.717) is 18.1 Å². The molecule has 6 heteroatoms. The van der Waals surface area contributed by atoms with Crippen LogP contribution in [0.5, 0.6) is 11.5 Å². The van der Waals surface area contributed by atoms with Gasteiger partial charge in [-0.3, -0.25) is 5.43 Å². The number of anilines is 1. The largest absolute Gasteiger partial charge is 0.493 e. The maximum Gasteiger partial charge on any atom is 0.203 e. The Kier molecular flexibility index (Phi) is 4.95. The Balaban J connectivity index is 2.06. The van der Waals surface area contributed by atoms with Gasteiger partial charge in [-0.2, -0.15) is 5.10 Å². The van der Waals surface area contributed by atoms with Gasteiger partial charge in [0.1, 0.15) is 0 Å². The summed E-state index contributed by atoms with van der Waals surface area (Å²) in [4.78, 5) is 4.27. The predicted octanol–water partition coefficient (Wildman–Crippen LogP) is 3.30. The van der Waals surface area contributed by atoms with E-state index >= 15 is 0 Å². The van der Waals surface area contributed by atoms with Crippen molar-refractivity contribution in [3.8, 4) is 11.5 Å². The minimum atomic E-state index is 0.591. The molecule has 0 aliphatic heterocycles. The molecule has 1 aromatic carbocycles. The molecule has 0 aliphatic rings. The van der Waals surface area contributed by atoms with E-state index in [1.54, 1.807) is 13.3 Å². The summed E-state index contributed by atoms with van der Waals surface area (Å²) in [5, 5.41) is 6.90. The fourth-order valence-electron chi connectivity index (χ4n) is 1.61. The number of hydrogen-bond acceptors (Lipinski definition) is 6. The van der Waals surface area contributed by atoms with Gasteiger partial charge in [0.2, 0.25) is 5.13 Å². The third-order valence-corrected chi connectivity index (χ3v) is 3.35. The Morgan fingerprint density at radius 1 is 1.40 bits per heavy atom. The fraction of sp³-hybridized carbons (Fsp3) is 0.286. The van der Waals surface area contributed by atoms with E-state index in [2.05, 4.69) is 15.5 Å². The molecule has 1 aromatic heterocycles. The van der Waals surface area contributed by atoms with Crippen molar-refractivity contribution in [2.45, 2.75) is 13.8 Å². The van der Waals surface area contributed by atoms with Crippen molar-refractivity contribution in [2.24, 2.45) is 5.10 Å². The van der Waals surface area contributed by atoms with Crippen LogP contribution in [-0.2, 0) is 0 Å². The molecule has 0 bridgehead atoms. The first-order chi connectivity index (χ1) is 9.72. The first-order valence-corrected chi connectivity index (χ1v) is 7.13. The highest BCUT2D eigenvalue weighted by molar-refractivity contribution is 7.13. The molecule has 0 unspecified atom stereocenters. The predicted molar refractivity (Wildman–Crippen MR) is 82.2 cm³/mol. The lowest BCUT2D eigenvalue weighted by Crippen LogP contribution is -1.97. The maximum atomic E-state index is 5.52. The molecule has 106 valence electrons. The zero-order chi connectivity index (χ0) is 14.4. The highest BCUT2D eigenvalue weighted by atomic mass is 32.1. The van der Waals surface area contributed by atoms with Gasteiger partial charge in [0.15, 0.2) is 11.5 Å². The lowest BCUT2D eigenvalue weighted by Gasteiger charge is -2.09. The highest BCUT2D eigenvalue weighted by Crippen LogP contribution is 2.27. The molecule has 0 fully saturated rings. The average Bonchev–Trinajstić information content (AvgIpc) is 2.85. The number of thiazole rings is 1. The maximum absolute atomic E-state index is 5.52. The van der Waals surface area contributed by atoms with Gasteiger partial charge in [0.25, 0.3) is 0 Å². The highest BCUT2D eigenvalue weighted by Gasteiger charge is 2.04. The van der Waals surface area contributed by atoms with Crippen LogP contribution in [0.2, 0.25) is 0 Å². The van der Waals surface area contributed by atoms with Gasteiger partial charge in [0.05, 0.1) is 25.6 Å². The number of rotatable bonds is 6. The van der Waals surface area contributed by atoms with Gasteiger partial charge < -0.3 is 9.47 Å². The number of nitrogens with one attached hydrogen (secondary N) is 1. The minimum Gasteiger partial charge on any atom is -0.493 e. The number of aromatic nitrogens is 1. The van der Waals surface area contributed by atoms with Crippen LogP contribution >= 0.6 is 11.3 Å². The molecule has 0 saturated carbocycles. The molecule has 0 aliphatic carbocycles. The zero-order valence-electron chi connectivity index (χ0n) is 11.7. The number of hydrogen-bond donors (Lipinski definition) is 1. The Morgan fingerprint density at radius 2 is 2.25 bits per heavy atom. The summed E-state index contributed by atoms with van der Waals surface area (Å²) in [7, 11) is 1.62. The SMILES string of the molecule is CCOc1cc(/C=N/Nc2nc(C)cs2)ccc1OC. The summed E-state index contributed by atoms with van der Waals surface area (Å²) in [6.45, 7) is 4.48. The standard InChI is InChI=1S/C14H17N3O2S/c1-4-19-13-7-11(5-6-12(13)18-3)8-15-17-14-16-10(2)9-20-14/h5-9H,4H2,1-3H3,(H,16,17)/b15-8+. The molecule has 0 amide bonds. The number of methoxy groups -OCH3 is 1. The van der Waals surface area contributed by atoms with Crippen LogP contribution in [0.15, 0.2) is 28.7 Å². The van der Waals surface area contributed by atoms with Gasteiger partial charge in [-0.25, -0.2) is 4.98 Å². The molecular weight excluding hydrogens is 274 g/mol. The van der Waals surface area contributed by atoms with Crippen LogP contribution in [0.25, 0.3) is 0 Å². The van der Waals surface area contributed by atoms with Gasteiger partial charge in [-0.15, -0.1) is 11.3 Å². The van der Waals surface area contributed by atoms with E-state index in [-0.39, 0.29) is 0 Å². The van der Waals surface area contributed by atoms with E-state index in [4.69, 9.17) is 9.47 Å². The number of benzene rings is 1. The molecule has 5 nitrogen and oxygen atoms in total. The lowest BCUT2D eigenvalue weighted by atomic mass is 10.2. The molecule has 0 radical (unpaired) electrons. The second-order valence-corrected chi connectivity index (χ2v) is 4.87. The molecule has 20 heavy (non-hydrogen) atoms. The van der Waals surface area contributed by atoms with E-state index in [9.17, 15) is 0 Å². The Hall–Kier alpha value is -2.08. The third-order valence-electron chi connectivity index (χ3n) is 2.48. The normalized spacial score (nSPS) is 10.8. The second kappa shape index (κ2) is 6.91. The summed E-state index contributed by atoms with van der Waals surface area (Å²) in [6, 6.07) is 5.67. The molecule has 1 N–H and O–H groups in total. The van der Waals surface area contributed by atoms with Crippen molar-refractivity contribution < 1.29 is 9.47 Å².